The van der Waals surface area contributed by atoms with Gasteiger partial charge in [0.15, 0.2) is 0 Å². The van der Waals surface area contributed by atoms with E-state index in [2.05, 4.69) is 9.97 Å². The first-order valence-corrected chi connectivity index (χ1v) is 5.37. The maximum absolute atomic E-state index is 11.8. The van der Waals surface area contributed by atoms with Gasteiger partial charge in [0, 0.05) is 22.0 Å². The molecule has 17 heavy (non-hydrogen) atoms. The summed E-state index contributed by atoms with van der Waals surface area (Å²) in [6, 6.07) is 6.89. The van der Waals surface area contributed by atoms with Crippen molar-refractivity contribution in [3.8, 4) is 0 Å². The number of rotatable bonds is 0. The number of hydrogen-bond donors (Lipinski definition) is 2. The van der Waals surface area contributed by atoms with Crippen molar-refractivity contribution in [2.75, 3.05) is 0 Å². The number of H-pyrrole nitrogens is 2. The average molecular weight is 247 g/mol. The first kappa shape index (κ1) is 10.1. The van der Waals surface area contributed by atoms with Crippen LogP contribution in [0.3, 0.4) is 0 Å². The van der Waals surface area contributed by atoms with Crippen LogP contribution < -0.4 is 11.1 Å². The van der Waals surface area contributed by atoms with Gasteiger partial charge in [0.25, 0.3) is 11.1 Å². The molecule has 0 aliphatic carbocycles. The molecular formula is C12H7ClN2O2. The molecule has 0 amide bonds. The Morgan fingerprint density at radius 3 is 2.65 bits per heavy atom. The van der Waals surface area contributed by atoms with Crippen molar-refractivity contribution in [3.63, 3.8) is 0 Å². The number of halogens is 1. The minimum atomic E-state index is -0.406. The second-order valence-electron chi connectivity index (χ2n) is 3.74. The average Bonchev–Trinajstić information content (AvgIpc) is 2.28. The van der Waals surface area contributed by atoms with Gasteiger partial charge in [-0.1, -0.05) is 17.7 Å². The summed E-state index contributed by atoms with van der Waals surface area (Å²) in [6.07, 6.45) is 1.53. The van der Waals surface area contributed by atoms with E-state index in [1.54, 1.807) is 24.3 Å². The van der Waals surface area contributed by atoms with Crippen LogP contribution in [0.2, 0.25) is 5.02 Å². The first-order chi connectivity index (χ1) is 8.16. The van der Waals surface area contributed by atoms with Gasteiger partial charge in [-0.05, 0) is 18.2 Å². The SMILES string of the molecule is O=c1[nH]ccc2c1c(=O)[nH]c1cc(Cl)ccc12. The van der Waals surface area contributed by atoms with Crippen molar-refractivity contribution in [3.05, 3.63) is 56.2 Å². The molecule has 2 aromatic heterocycles. The molecule has 2 N–H and O–H groups in total. The highest BCUT2D eigenvalue weighted by Crippen LogP contribution is 2.21. The van der Waals surface area contributed by atoms with Crippen LogP contribution in [0.5, 0.6) is 0 Å². The molecule has 3 aromatic rings. The van der Waals surface area contributed by atoms with Crippen LogP contribution in [0.15, 0.2) is 40.1 Å². The number of pyridine rings is 2. The van der Waals surface area contributed by atoms with Crippen molar-refractivity contribution in [1.29, 1.82) is 0 Å². The highest BCUT2D eigenvalue weighted by molar-refractivity contribution is 6.31. The maximum atomic E-state index is 11.8. The van der Waals surface area contributed by atoms with Gasteiger partial charge < -0.3 is 9.97 Å². The Morgan fingerprint density at radius 2 is 1.82 bits per heavy atom. The predicted molar refractivity (Wildman–Crippen MR) is 67.7 cm³/mol. The largest absolute Gasteiger partial charge is 0.328 e. The lowest BCUT2D eigenvalue weighted by Crippen LogP contribution is -2.17. The highest BCUT2D eigenvalue weighted by Gasteiger charge is 2.07. The van der Waals surface area contributed by atoms with Crippen LogP contribution in [-0.4, -0.2) is 9.97 Å². The van der Waals surface area contributed by atoms with Crippen LogP contribution in [0.25, 0.3) is 21.7 Å². The molecular weight excluding hydrogens is 240 g/mol. The summed E-state index contributed by atoms with van der Waals surface area (Å²) in [5, 5.41) is 2.11. The molecule has 84 valence electrons. The zero-order valence-corrected chi connectivity index (χ0v) is 9.34. The lowest BCUT2D eigenvalue weighted by Gasteiger charge is -2.02. The van der Waals surface area contributed by atoms with E-state index in [0.29, 0.717) is 15.9 Å². The highest BCUT2D eigenvalue weighted by atomic mass is 35.5. The third-order valence-corrected chi connectivity index (χ3v) is 2.94. The molecule has 0 radical (unpaired) electrons. The van der Waals surface area contributed by atoms with Gasteiger partial charge in [-0.25, -0.2) is 0 Å². The molecule has 3 rings (SSSR count). The Bertz CT molecular complexity index is 848. The summed E-state index contributed by atoms with van der Waals surface area (Å²) < 4.78 is 0. The lowest BCUT2D eigenvalue weighted by molar-refractivity contribution is 1.25. The van der Waals surface area contributed by atoms with E-state index in [1.807, 2.05) is 0 Å². The molecule has 0 unspecified atom stereocenters. The van der Waals surface area contributed by atoms with E-state index in [9.17, 15) is 9.59 Å². The smallest absolute Gasteiger partial charge is 0.261 e. The Balaban J connectivity index is 2.70. The molecule has 1 aromatic carbocycles. The predicted octanol–water partition coefficient (Wildman–Crippen LogP) is 2.02. The third kappa shape index (κ3) is 1.45. The fourth-order valence-electron chi connectivity index (χ4n) is 1.97. The van der Waals surface area contributed by atoms with E-state index >= 15 is 0 Å². The van der Waals surface area contributed by atoms with Gasteiger partial charge in [-0.3, -0.25) is 9.59 Å². The van der Waals surface area contributed by atoms with Crippen molar-refractivity contribution >= 4 is 33.3 Å². The van der Waals surface area contributed by atoms with Gasteiger partial charge in [-0.2, -0.15) is 0 Å². The number of benzene rings is 1. The van der Waals surface area contributed by atoms with Crippen molar-refractivity contribution in [1.82, 2.24) is 9.97 Å². The van der Waals surface area contributed by atoms with Gasteiger partial charge in [-0.15, -0.1) is 0 Å². The van der Waals surface area contributed by atoms with Gasteiger partial charge >= 0.3 is 0 Å². The summed E-state index contributed by atoms with van der Waals surface area (Å²) in [7, 11) is 0. The number of aromatic amines is 2. The Morgan fingerprint density at radius 1 is 1.00 bits per heavy atom. The summed E-state index contributed by atoms with van der Waals surface area (Å²) in [5.74, 6) is 0. The zero-order chi connectivity index (χ0) is 12.0. The third-order valence-electron chi connectivity index (χ3n) is 2.71. The summed E-state index contributed by atoms with van der Waals surface area (Å²) in [5.41, 5.74) is -0.169. The second-order valence-corrected chi connectivity index (χ2v) is 4.18. The van der Waals surface area contributed by atoms with E-state index in [1.165, 1.54) is 6.20 Å². The van der Waals surface area contributed by atoms with Crippen molar-refractivity contribution in [2.24, 2.45) is 0 Å². The van der Waals surface area contributed by atoms with Crippen molar-refractivity contribution in [2.45, 2.75) is 0 Å². The molecule has 5 heteroatoms. The monoisotopic (exact) mass is 246 g/mol. The van der Waals surface area contributed by atoms with Crippen LogP contribution in [-0.2, 0) is 0 Å². The number of nitrogens with one attached hydrogen (secondary N) is 2. The van der Waals surface area contributed by atoms with E-state index in [-0.39, 0.29) is 10.9 Å². The lowest BCUT2D eigenvalue weighted by atomic mass is 10.1. The number of aromatic nitrogens is 2. The first-order valence-electron chi connectivity index (χ1n) is 5.00. The number of fused-ring (bicyclic) bond motifs is 3. The van der Waals surface area contributed by atoms with Gasteiger partial charge in [0.1, 0.15) is 5.39 Å². The molecule has 0 saturated carbocycles. The molecule has 0 aliphatic heterocycles. The van der Waals surface area contributed by atoms with Crippen molar-refractivity contribution < 1.29 is 0 Å². The van der Waals surface area contributed by atoms with Crippen LogP contribution >= 0.6 is 11.6 Å². The quantitative estimate of drug-likeness (QED) is 0.596. The van der Waals surface area contributed by atoms with Gasteiger partial charge in [0.2, 0.25) is 0 Å². The second kappa shape index (κ2) is 3.46. The topological polar surface area (TPSA) is 65.7 Å². The van der Waals surface area contributed by atoms with E-state index < -0.39 is 5.56 Å². The Hall–Kier alpha value is -2.07. The van der Waals surface area contributed by atoms with Crippen LogP contribution in [0, 0.1) is 0 Å². The normalized spacial score (nSPS) is 11.1. The fraction of sp³-hybridized carbons (Fsp3) is 0. The molecule has 2 heterocycles. The van der Waals surface area contributed by atoms with Crippen LogP contribution in [0.4, 0.5) is 0 Å². The molecule has 0 atom stereocenters. The van der Waals surface area contributed by atoms with Crippen LogP contribution in [0.1, 0.15) is 0 Å². The fourth-order valence-corrected chi connectivity index (χ4v) is 2.14. The minimum Gasteiger partial charge on any atom is -0.328 e. The zero-order valence-electron chi connectivity index (χ0n) is 8.58. The standard InChI is InChI=1S/C12H7ClN2O2/c13-6-1-2-7-8-3-4-14-11(16)10(8)12(17)15-9(7)5-6/h1-5H,(H,14,16)(H,15,17). The minimum absolute atomic E-state index is 0.141. The summed E-state index contributed by atoms with van der Waals surface area (Å²) >= 11 is 5.86. The Labute approximate surface area is 99.9 Å². The molecule has 0 spiro atoms. The number of hydrogen-bond acceptors (Lipinski definition) is 2. The molecule has 0 bridgehead atoms. The molecule has 0 saturated heterocycles. The summed E-state index contributed by atoms with van der Waals surface area (Å²) in [6.45, 7) is 0. The Kier molecular flexibility index (Phi) is 2.06. The van der Waals surface area contributed by atoms with Gasteiger partial charge in [0.05, 0.1) is 5.52 Å². The van der Waals surface area contributed by atoms with E-state index in [0.717, 1.165) is 5.39 Å². The molecule has 4 nitrogen and oxygen atoms in total. The molecule has 0 fully saturated rings. The molecule has 0 aliphatic rings. The maximum Gasteiger partial charge on any atom is 0.261 e. The summed E-state index contributed by atoms with van der Waals surface area (Å²) in [4.78, 5) is 28.6. The van der Waals surface area contributed by atoms with E-state index in [4.69, 9.17) is 11.6 Å².